The molecule has 4 heterocycles. The number of rotatable bonds is 7. The number of hydrogen-bond donors (Lipinski definition) is 0. The molecule has 0 aliphatic carbocycles. The van der Waals surface area contributed by atoms with E-state index in [-0.39, 0.29) is 17.7 Å². The largest absolute Gasteiger partial charge is 0.343 e. The molecule has 32 heavy (non-hydrogen) atoms. The lowest BCUT2D eigenvalue weighted by atomic mass is 9.94. The van der Waals surface area contributed by atoms with E-state index in [2.05, 4.69) is 11.9 Å². The molecule has 7 nitrogen and oxygen atoms in total. The van der Waals surface area contributed by atoms with Gasteiger partial charge in [0.05, 0.1) is 0 Å². The Morgan fingerprint density at radius 1 is 1.16 bits per heavy atom. The van der Waals surface area contributed by atoms with E-state index < -0.39 is 0 Å². The number of aryl methyl sites for hydroxylation is 2. The molecule has 0 bridgehead atoms. The Bertz CT molecular complexity index is 954. The van der Waals surface area contributed by atoms with E-state index in [1.54, 1.807) is 6.20 Å². The highest BCUT2D eigenvalue weighted by molar-refractivity contribution is 5.95. The maximum atomic E-state index is 12.7. The molecule has 0 unspecified atom stereocenters. The zero-order valence-corrected chi connectivity index (χ0v) is 19.2. The van der Waals surface area contributed by atoms with Crippen LogP contribution < -0.4 is 4.90 Å². The second-order valence-electron chi connectivity index (χ2n) is 8.84. The molecule has 2 aromatic rings. The van der Waals surface area contributed by atoms with Gasteiger partial charge in [-0.15, -0.1) is 0 Å². The molecule has 2 amide bonds. The fraction of sp³-hybridized carbons (Fsp3) is 0.560. The molecule has 2 aliphatic rings. The molecule has 0 aromatic carbocycles. The average molecular weight is 436 g/mol. The van der Waals surface area contributed by atoms with E-state index in [9.17, 15) is 9.59 Å². The first-order valence-corrected chi connectivity index (χ1v) is 11.9. The Morgan fingerprint density at radius 3 is 2.69 bits per heavy atom. The summed E-state index contributed by atoms with van der Waals surface area (Å²) in [5, 5.41) is 0. The predicted octanol–water partition coefficient (Wildman–Crippen LogP) is 3.60. The molecular formula is C25H33N5O2. The molecular weight excluding hydrogens is 402 g/mol. The van der Waals surface area contributed by atoms with Crippen LogP contribution in [0.25, 0.3) is 0 Å². The van der Waals surface area contributed by atoms with Gasteiger partial charge in [0.25, 0.3) is 0 Å². The first kappa shape index (κ1) is 22.4. The number of anilines is 1. The van der Waals surface area contributed by atoms with Crippen molar-refractivity contribution in [1.82, 2.24) is 19.9 Å². The fourth-order valence-corrected chi connectivity index (χ4v) is 4.75. The minimum Gasteiger partial charge on any atom is -0.343 e. The topological polar surface area (TPSA) is 79.3 Å². The summed E-state index contributed by atoms with van der Waals surface area (Å²) in [7, 11) is 0. The lowest BCUT2D eigenvalue weighted by Gasteiger charge is -2.33. The fourth-order valence-electron chi connectivity index (χ4n) is 4.75. The third-order valence-corrected chi connectivity index (χ3v) is 6.56. The van der Waals surface area contributed by atoms with Crippen molar-refractivity contribution < 1.29 is 9.59 Å². The van der Waals surface area contributed by atoms with Crippen LogP contribution in [0.2, 0.25) is 0 Å². The van der Waals surface area contributed by atoms with Crippen molar-refractivity contribution in [3.8, 4) is 0 Å². The Balaban J connectivity index is 1.35. The zero-order chi connectivity index (χ0) is 22.5. The van der Waals surface area contributed by atoms with Crippen LogP contribution in [0.15, 0.2) is 24.4 Å². The van der Waals surface area contributed by atoms with E-state index >= 15 is 0 Å². The van der Waals surface area contributed by atoms with Crippen molar-refractivity contribution in [2.24, 2.45) is 0 Å². The normalized spacial score (nSPS) is 16.9. The highest BCUT2D eigenvalue weighted by Gasteiger charge is 2.30. The first-order chi connectivity index (χ1) is 15.6. The summed E-state index contributed by atoms with van der Waals surface area (Å²) in [5.41, 5.74) is 3.14. The Morgan fingerprint density at radius 2 is 1.97 bits per heavy atom. The first-order valence-electron chi connectivity index (χ1n) is 11.9. The van der Waals surface area contributed by atoms with E-state index in [1.165, 1.54) is 0 Å². The second kappa shape index (κ2) is 10.2. The molecule has 0 spiro atoms. The lowest BCUT2D eigenvalue weighted by molar-refractivity contribution is -0.132. The van der Waals surface area contributed by atoms with Crippen molar-refractivity contribution in [2.75, 3.05) is 24.5 Å². The van der Waals surface area contributed by atoms with Gasteiger partial charge in [-0.3, -0.25) is 19.5 Å². The molecule has 170 valence electrons. The van der Waals surface area contributed by atoms with Crippen molar-refractivity contribution in [3.05, 3.63) is 47.2 Å². The van der Waals surface area contributed by atoms with E-state index in [4.69, 9.17) is 9.97 Å². The number of aromatic nitrogens is 3. The third-order valence-electron chi connectivity index (χ3n) is 6.56. The number of carbonyl (C=O) groups excluding carboxylic acids is 2. The molecule has 4 rings (SSSR count). The molecule has 0 N–H and O–H groups in total. The smallest absolute Gasteiger partial charge is 0.228 e. The second-order valence-corrected chi connectivity index (χ2v) is 8.84. The Labute approximate surface area is 190 Å². The highest BCUT2D eigenvalue weighted by atomic mass is 16.2. The zero-order valence-electron chi connectivity index (χ0n) is 19.2. The van der Waals surface area contributed by atoms with Crippen LogP contribution >= 0.6 is 0 Å². The van der Waals surface area contributed by atoms with Crippen LogP contribution in [0.3, 0.4) is 0 Å². The molecule has 1 saturated heterocycles. The summed E-state index contributed by atoms with van der Waals surface area (Å²) in [6, 6.07) is 5.90. The molecule has 2 aliphatic heterocycles. The summed E-state index contributed by atoms with van der Waals surface area (Å²) in [4.78, 5) is 43.0. The van der Waals surface area contributed by atoms with Crippen LogP contribution in [0.1, 0.15) is 74.1 Å². The van der Waals surface area contributed by atoms with Gasteiger partial charge in [-0.05, 0) is 57.6 Å². The van der Waals surface area contributed by atoms with Gasteiger partial charge in [0.2, 0.25) is 11.8 Å². The van der Waals surface area contributed by atoms with Crippen molar-refractivity contribution in [2.45, 2.75) is 71.1 Å². The molecule has 0 saturated carbocycles. The number of amides is 2. The van der Waals surface area contributed by atoms with Crippen molar-refractivity contribution in [3.63, 3.8) is 0 Å². The molecule has 2 aromatic heterocycles. The quantitative estimate of drug-likeness (QED) is 0.664. The Hall–Kier alpha value is -2.83. The number of fused-ring (bicyclic) bond motifs is 1. The van der Waals surface area contributed by atoms with Gasteiger partial charge < -0.3 is 4.90 Å². The van der Waals surface area contributed by atoms with E-state index in [0.717, 1.165) is 80.2 Å². The molecule has 7 heteroatoms. The monoisotopic (exact) mass is 435 g/mol. The van der Waals surface area contributed by atoms with Crippen LogP contribution in [0.5, 0.6) is 0 Å². The number of piperidine rings is 1. The Kier molecular flexibility index (Phi) is 7.12. The van der Waals surface area contributed by atoms with Gasteiger partial charge in [-0.2, -0.15) is 0 Å². The third kappa shape index (κ3) is 4.97. The number of pyridine rings is 1. The molecule has 0 radical (unpaired) electrons. The van der Waals surface area contributed by atoms with Gasteiger partial charge >= 0.3 is 0 Å². The van der Waals surface area contributed by atoms with Crippen molar-refractivity contribution >= 4 is 17.6 Å². The SMILES string of the molecule is CCCN1C(=O)CCc2c(C)nc(C3CCN(C(=O)CCCc4ccccn4)CC3)nc21. The minimum atomic E-state index is 0.162. The van der Waals surface area contributed by atoms with Gasteiger partial charge in [0, 0.05) is 61.5 Å². The average Bonchev–Trinajstić information content (AvgIpc) is 2.81. The highest BCUT2D eigenvalue weighted by Crippen LogP contribution is 2.32. The summed E-state index contributed by atoms with van der Waals surface area (Å²) < 4.78 is 0. The van der Waals surface area contributed by atoms with Crippen LogP contribution in [0.4, 0.5) is 5.82 Å². The van der Waals surface area contributed by atoms with Gasteiger partial charge in [-0.1, -0.05) is 13.0 Å². The van der Waals surface area contributed by atoms with Crippen LogP contribution in [-0.2, 0) is 22.4 Å². The number of hydrogen-bond acceptors (Lipinski definition) is 5. The molecule has 1 fully saturated rings. The maximum absolute atomic E-state index is 12.7. The van der Waals surface area contributed by atoms with E-state index in [1.807, 2.05) is 34.9 Å². The van der Waals surface area contributed by atoms with Gasteiger partial charge in [0.15, 0.2) is 0 Å². The summed E-state index contributed by atoms with van der Waals surface area (Å²) in [6.07, 6.45) is 7.92. The number of carbonyl (C=O) groups is 2. The maximum Gasteiger partial charge on any atom is 0.228 e. The molecule has 0 atom stereocenters. The van der Waals surface area contributed by atoms with E-state index in [0.29, 0.717) is 19.4 Å². The van der Waals surface area contributed by atoms with Crippen molar-refractivity contribution in [1.29, 1.82) is 0 Å². The standard InChI is InChI=1S/C25H33N5O2/c1-3-15-30-23(32)11-10-21-18(2)27-24(28-25(21)30)19-12-16-29(17-13-19)22(31)9-6-8-20-7-4-5-14-26-20/h4-5,7,14,19H,3,6,8-13,15-17H2,1-2H3. The van der Waals surface area contributed by atoms with Crippen LogP contribution in [0, 0.1) is 6.92 Å². The summed E-state index contributed by atoms with van der Waals surface area (Å²) in [6.45, 7) is 6.30. The van der Waals surface area contributed by atoms with Gasteiger partial charge in [-0.25, -0.2) is 9.97 Å². The van der Waals surface area contributed by atoms with Crippen LogP contribution in [-0.4, -0.2) is 51.3 Å². The summed E-state index contributed by atoms with van der Waals surface area (Å²) in [5.74, 6) is 2.27. The predicted molar refractivity (Wildman–Crippen MR) is 123 cm³/mol. The number of likely N-dealkylation sites (tertiary alicyclic amines) is 1. The minimum absolute atomic E-state index is 0.162. The number of nitrogens with zero attached hydrogens (tertiary/aromatic N) is 5. The summed E-state index contributed by atoms with van der Waals surface area (Å²) >= 11 is 0. The lowest BCUT2D eigenvalue weighted by Crippen LogP contribution is -2.39. The van der Waals surface area contributed by atoms with Gasteiger partial charge in [0.1, 0.15) is 11.6 Å².